The van der Waals surface area contributed by atoms with Crippen molar-refractivity contribution in [3.8, 4) is 0 Å². The molecule has 1 aromatic carbocycles. The van der Waals surface area contributed by atoms with Crippen LogP contribution in [0, 0.1) is 0 Å². The Hall–Kier alpha value is -1.68. The van der Waals surface area contributed by atoms with E-state index in [-0.39, 0.29) is 5.92 Å². The molecule has 4 heteroatoms. The Bertz CT molecular complexity index is 497. The molecule has 0 bridgehead atoms. The van der Waals surface area contributed by atoms with Gasteiger partial charge in [-0.2, -0.15) is 4.98 Å². The molecule has 2 unspecified atom stereocenters. The van der Waals surface area contributed by atoms with Gasteiger partial charge in [-0.1, -0.05) is 48.3 Å². The van der Waals surface area contributed by atoms with E-state index in [0.717, 1.165) is 19.3 Å². The molecule has 0 amide bonds. The number of rotatable bonds is 2. The SMILES string of the molecule is NC1(c2ncon2)CCCCC1c1ccccc1. The number of benzene rings is 1. The van der Waals surface area contributed by atoms with Crippen molar-refractivity contribution in [3.05, 3.63) is 48.1 Å². The van der Waals surface area contributed by atoms with Crippen LogP contribution in [0.3, 0.4) is 0 Å². The van der Waals surface area contributed by atoms with Crippen molar-refractivity contribution in [3.63, 3.8) is 0 Å². The second-order valence-electron chi connectivity index (χ2n) is 5.00. The molecule has 1 aliphatic rings. The molecule has 3 rings (SSSR count). The van der Waals surface area contributed by atoms with Gasteiger partial charge in [0, 0.05) is 5.92 Å². The van der Waals surface area contributed by atoms with E-state index in [1.807, 2.05) is 6.07 Å². The fourth-order valence-corrected chi connectivity index (χ4v) is 2.99. The lowest BCUT2D eigenvalue weighted by Crippen LogP contribution is -2.45. The molecule has 2 atom stereocenters. The third kappa shape index (κ3) is 1.82. The van der Waals surface area contributed by atoms with Crippen molar-refractivity contribution in [1.82, 2.24) is 10.1 Å². The van der Waals surface area contributed by atoms with Crippen molar-refractivity contribution >= 4 is 0 Å². The summed E-state index contributed by atoms with van der Waals surface area (Å²) >= 11 is 0. The Morgan fingerprint density at radius 2 is 2.06 bits per heavy atom. The average Bonchev–Trinajstić information content (AvgIpc) is 2.95. The van der Waals surface area contributed by atoms with Crippen LogP contribution in [-0.4, -0.2) is 10.1 Å². The Labute approximate surface area is 106 Å². The van der Waals surface area contributed by atoms with Gasteiger partial charge in [0.15, 0.2) is 5.82 Å². The summed E-state index contributed by atoms with van der Waals surface area (Å²) in [5.41, 5.74) is 7.39. The summed E-state index contributed by atoms with van der Waals surface area (Å²) in [6.45, 7) is 0. The van der Waals surface area contributed by atoms with Crippen LogP contribution in [0.5, 0.6) is 0 Å². The molecular formula is C14H17N3O. The molecule has 0 aliphatic heterocycles. The monoisotopic (exact) mass is 243 g/mol. The summed E-state index contributed by atoms with van der Waals surface area (Å²) < 4.78 is 4.88. The van der Waals surface area contributed by atoms with Gasteiger partial charge in [0.1, 0.15) is 0 Å². The fraction of sp³-hybridized carbons (Fsp3) is 0.429. The van der Waals surface area contributed by atoms with E-state index in [1.54, 1.807) is 0 Å². The lowest BCUT2D eigenvalue weighted by molar-refractivity contribution is 0.233. The standard InChI is InChI=1S/C14H17N3O/c15-14(13-16-10-18-17-13)9-5-4-8-12(14)11-6-2-1-3-7-11/h1-3,6-7,10,12H,4-5,8-9,15H2. The van der Waals surface area contributed by atoms with Crippen LogP contribution in [0.4, 0.5) is 0 Å². The molecule has 1 fully saturated rings. The Morgan fingerprint density at radius 3 is 2.78 bits per heavy atom. The van der Waals surface area contributed by atoms with Gasteiger partial charge in [-0.15, -0.1) is 0 Å². The van der Waals surface area contributed by atoms with Gasteiger partial charge in [0.05, 0.1) is 5.54 Å². The minimum absolute atomic E-state index is 0.269. The fourth-order valence-electron chi connectivity index (χ4n) is 2.99. The number of hydrogen-bond acceptors (Lipinski definition) is 4. The first kappa shape index (κ1) is 11.4. The molecule has 1 heterocycles. The van der Waals surface area contributed by atoms with Crippen LogP contribution in [0.1, 0.15) is 43.0 Å². The third-order valence-electron chi connectivity index (χ3n) is 3.93. The zero-order valence-corrected chi connectivity index (χ0v) is 10.2. The maximum absolute atomic E-state index is 6.62. The van der Waals surface area contributed by atoms with E-state index in [2.05, 4.69) is 34.4 Å². The molecule has 4 nitrogen and oxygen atoms in total. The molecule has 1 aromatic heterocycles. The average molecular weight is 243 g/mol. The molecule has 18 heavy (non-hydrogen) atoms. The molecule has 0 radical (unpaired) electrons. The van der Waals surface area contributed by atoms with Gasteiger partial charge in [0.2, 0.25) is 6.39 Å². The first-order chi connectivity index (χ1) is 8.81. The van der Waals surface area contributed by atoms with E-state index < -0.39 is 5.54 Å². The van der Waals surface area contributed by atoms with Gasteiger partial charge in [-0.25, -0.2) is 0 Å². The van der Waals surface area contributed by atoms with Crippen molar-refractivity contribution in [2.75, 3.05) is 0 Å². The highest BCUT2D eigenvalue weighted by atomic mass is 16.5. The molecule has 2 N–H and O–H groups in total. The molecule has 94 valence electrons. The van der Waals surface area contributed by atoms with Gasteiger partial charge in [0.25, 0.3) is 0 Å². The molecule has 1 aliphatic carbocycles. The predicted molar refractivity (Wildman–Crippen MR) is 67.8 cm³/mol. The summed E-state index contributed by atoms with van der Waals surface area (Å²) in [5.74, 6) is 0.904. The quantitative estimate of drug-likeness (QED) is 0.880. The van der Waals surface area contributed by atoms with Crippen molar-refractivity contribution in [2.24, 2.45) is 5.73 Å². The van der Waals surface area contributed by atoms with Gasteiger partial charge in [-0.05, 0) is 18.4 Å². The lowest BCUT2D eigenvalue weighted by Gasteiger charge is -2.39. The smallest absolute Gasteiger partial charge is 0.213 e. The first-order valence-electron chi connectivity index (χ1n) is 6.41. The second-order valence-corrected chi connectivity index (χ2v) is 5.00. The van der Waals surface area contributed by atoms with E-state index in [9.17, 15) is 0 Å². The van der Waals surface area contributed by atoms with Crippen LogP contribution in [0.2, 0.25) is 0 Å². The van der Waals surface area contributed by atoms with E-state index >= 15 is 0 Å². The highest BCUT2D eigenvalue weighted by Crippen LogP contribution is 2.44. The normalized spacial score (nSPS) is 28.2. The summed E-state index contributed by atoms with van der Waals surface area (Å²) in [4.78, 5) is 4.18. The molecular weight excluding hydrogens is 226 g/mol. The van der Waals surface area contributed by atoms with E-state index in [0.29, 0.717) is 5.82 Å². The van der Waals surface area contributed by atoms with Crippen LogP contribution in [-0.2, 0) is 5.54 Å². The zero-order chi connectivity index (χ0) is 12.4. The highest BCUT2D eigenvalue weighted by molar-refractivity contribution is 5.27. The molecule has 2 aromatic rings. The van der Waals surface area contributed by atoms with Crippen LogP contribution in [0.25, 0.3) is 0 Å². The van der Waals surface area contributed by atoms with Crippen LogP contribution >= 0.6 is 0 Å². The van der Waals surface area contributed by atoms with E-state index in [4.69, 9.17) is 10.3 Å². The lowest BCUT2D eigenvalue weighted by atomic mass is 9.70. The van der Waals surface area contributed by atoms with Crippen LogP contribution in [0.15, 0.2) is 41.2 Å². The van der Waals surface area contributed by atoms with Gasteiger partial charge < -0.3 is 10.3 Å². The Morgan fingerprint density at radius 1 is 1.22 bits per heavy atom. The molecule has 1 saturated carbocycles. The van der Waals surface area contributed by atoms with Crippen LogP contribution < -0.4 is 5.73 Å². The van der Waals surface area contributed by atoms with Gasteiger partial charge >= 0.3 is 0 Å². The first-order valence-corrected chi connectivity index (χ1v) is 6.41. The summed E-state index contributed by atoms with van der Waals surface area (Å²) in [6, 6.07) is 10.4. The minimum Gasteiger partial charge on any atom is -0.343 e. The number of aromatic nitrogens is 2. The topological polar surface area (TPSA) is 64.9 Å². The second kappa shape index (κ2) is 4.53. The largest absolute Gasteiger partial charge is 0.343 e. The summed E-state index contributed by atoms with van der Waals surface area (Å²) in [6.07, 6.45) is 5.67. The van der Waals surface area contributed by atoms with Crippen molar-refractivity contribution in [1.29, 1.82) is 0 Å². The maximum Gasteiger partial charge on any atom is 0.213 e. The minimum atomic E-state index is -0.493. The number of nitrogens with two attached hydrogens (primary N) is 1. The third-order valence-corrected chi connectivity index (χ3v) is 3.93. The van der Waals surface area contributed by atoms with Crippen molar-refractivity contribution < 1.29 is 4.52 Å². The summed E-state index contributed by atoms with van der Waals surface area (Å²) in [5, 5.41) is 3.98. The molecule has 0 spiro atoms. The number of nitrogens with zero attached hydrogens (tertiary/aromatic N) is 2. The van der Waals surface area contributed by atoms with Crippen molar-refractivity contribution in [2.45, 2.75) is 37.1 Å². The number of hydrogen-bond donors (Lipinski definition) is 1. The zero-order valence-electron chi connectivity index (χ0n) is 10.2. The maximum atomic E-state index is 6.62. The molecule has 0 saturated heterocycles. The van der Waals surface area contributed by atoms with E-state index in [1.165, 1.54) is 18.4 Å². The Kier molecular flexibility index (Phi) is 2.88. The summed E-state index contributed by atoms with van der Waals surface area (Å²) in [7, 11) is 0. The Balaban J connectivity index is 2.01. The predicted octanol–water partition coefficient (Wildman–Crippen LogP) is 2.58. The van der Waals surface area contributed by atoms with Gasteiger partial charge in [-0.3, -0.25) is 0 Å². The highest BCUT2D eigenvalue weighted by Gasteiger charge is 2.42.